The van der Waals surface area contributed by atoms with E-state index in [9.17, 15) is 0 Å². The van der Waals surface area contributed by atoms with Crippen LogP contribution in [0.5, 0.6) is 0 Å². The predicted octanol–water partition coefficient (Wildman–Crippen LogP) is 0.910. The van der Waals surface area contributed by atoms with Gasteiger partial charge in [0.05, 0.1) is 6.54 Å². The van der Waals surface area contributed by atoms with E-state index in [0.29, 0.717) is 6.54 Å². The summed E-state index contributed by atoms with van der Waals surface area (Å²) in [6.07, 6.45) is 1.57. The largest absolute Gasteiger partial charge is 0.367 e. The number of benzene rings is 1. The van der Waals surface area contributed by atoms with Crippen LogP contribution in [0.1, 0.15) is 11.4 Å². The van der Waals surface area contributed by atoms with E-state index in [0.717, 1.165) is 23.6 Å². The standard InChI is InChI=1S/C12H17N5/c1-16(8-12-14-9-15-17(12)2)11-5-3-10(7-13)4-6-11/h3-6,9H,7-8,13H2,1-2H3. The van der Waals surface area contributed by atoms with E-state index >= 15 is 0 Å². The number of rotatable bonds is 4. The lowest BCUT2D eigenvalue weighted by atomic mass is 10.2. The van der Waals surface area contributed by atoms with E-state index < -0.39 is 0 Å². The summed E-state index contributed by atoms with van der Waals surface area (Å²) < 4.78 is 1.78. The van der Waals surface area contributed by atoms with E-state index in [2.05, 4.69) is 27.1 Å². The Morgan fingerprint density at radius 3 is 2.53 bits per heavy atom. The molecule has 2 aromatic rings. The zero-order valence-corrected chi connectivity index (χ0v) is 10.2. The number of anilines is 1. The van der Waals surface area contributed by atoms with Gasteiger partial charge >= 0.3 is 0 Å². The Bertz CT molecular complexity index is 474. The molecule has 0 unspecified atom stereocenters. The van der Waals surface area contributed by atoms with Crippen molar-refractivity contribution in [1.29, 1.82) is 0 Å². The van der Waals surface area contributed by atoms with Gasteiger partial charge < -0.3 is 10.6 Å². The number of hydrogen-bond acceptors (Lipinski definition) is 4. The molecular formula is C12H17N5. The van der Waals surface area contributed by atoms with Crippen LogP contribution in [0.15, 0.2) is 30.6 Å². The van der Waals surface area contributed by atoms with Crippen molar-refractivity contribution >= 4 is 5.69 Å². The second-order valence-electron chi connectivity index (χ2n) is 4.03. The van der Waals surface area contributed by atoms with Crippen molar-refractivity contribution in [2.24, 2.45) is 12.8 Å². The Balaban J connectivity index is 2.09. The molecule has 0 saturated carbocycles. The first-order chi connectivity index (χ1) is 8.20. The lowest BCUT2D eigenvalue weighted by Crippen LogP contribution is -2.19. The first kappa shape index (κ1) is 11.6. The molecule has 2 rings (SSSR count). The minimum atomic E-state index is 0.577. The van der Waals surface area contributed by atoms with Crippen LogP contribution in [0.2, 0.25) is 0 Å². The van der Waals surface area contributed by atoms with Crippen LogP contribution in [0.4, 0.5) is 5.69 Å². The summed E-state index contributed by atoms with van der Waals surface area (Å²) in [7, 11) is 3.93. The third-order valence-electron chi connectivity index (χ3n) is 2.80. The molecule has 1 aromatic heterocycles. The van der Waals surface area contributed by atoms with Crippen molar-refractivity contribution in [1.82, 2.24) is 14.8 Å². The zero-order chi connectivity index (χ0) is 12.3. The van der Waals surface area contributed by atoms with Crippen molar-refractivity contribution in [2.45, 2.75) is 13.1 Å². The second kappa shape index (κ2) is 4.97. The average Bonchev–Trinajstić information content (AvgIpc) is 2.75. The van der Waals surface area contributed by atoms with Crippen LogP contribution in [0.25, 0.3) is 0 Å². The minimum absolute atomic E-state index is 0.577. The topological polar surface area (TPSA) is 60.0 Å². The summed E-state index contributed by atoms with van der Waals surface area (Å²) in [5.74, 6) is 0.940. The molecule has 0 spiro atoms. The summed E-state index contributed by atoms with van der Waals surface area (Å²) in [6.45, 7) is 1.31. The summed E-state index contributed by atoms with van der Waals surface area (Å²) >= 11 is 0. The molecule has 0 bridgehead atoms. The first-order valence-electron chi connectivity index (χ1n) is 5.53. The molecule has 0 radical (unpaired) electrons. The van der Waals surface area contributed by atoms with E-state index in [1.165, 1.54) is 0 Å². The fourth-order valence-corrected chi connectivity index (χ4v) is 1.65. The van der Waals surface area contributed by atoms with Gasteiger partial charge in [0.15, 0.2) is 0 Å². The molecule has 0 aliphatic rings. The Morgan fingerprint density at radius 1 is 1.29 bits per heavy atom. The van der Waals surface area contributed by atoms with Gasteiger partial charge in [-0.1, -0.05) is 12.1 Å². The zero-order valence-electron chi connectivity index (χ0n) is 10.2. The smallest absolute Gasteiger partial charge is 0.146 e. The molecule has 0 atom stereocenters. The van der Waals surface area contributed by atoms with Crippen molar-refractivity contribution in [3.05, 3.63) is 42.0 Å². The highest BCUT2D eigenvalue weighted by Crippen LogP contribution is 2.15. The van der Waals surface area contributed by atoms with Crippen LogP contribution >= 0.6 is 0 Å². The minimum Gasteiger partial charge on any atom is -0.367 e. The van der Waals surface area contributed by atoms with Crippen molar-refractivity contribution in [3.8, 4) is 0 Å². The maximum absolute atomic E-state index is 5.57. The number of aromatic nitrogens is 3. The second-order valence-corrected chi connectivity index (χ2v) is 4.03. The first-order valence-corrected chi connectivity index (χ1v) is 5.53. The summed E-state index contributed by atoms with van der Waals surface area (Å²) in [5.41, 5.74) is 7.85. The molecule has 2 N–H and O–H groups in total. The van der Waals surface area contributed by atoms with Crippen molar-refractivity contribution < 1.29 is 0 Å². The van der Waals surface area contributed by atoms with Crippen LogP contribution in [-0.2, 0) is 20.1 Å². The Hall–Kier alpha value is -1.88. The molecule has 0 aliphatic heterocycles. The van der Waals surface area contributed by atoms with E-state index in [1.54, 1.807) is 11.0 Å². The highest BCUT2D eigenvalue weighted by molar-refractivity contribution is 5.46. The molecule has 1 aromatic carbocycles. The Labute approximate surface area is 101 Å². The van der Waals surface area contributed by atoms with Crippen LogP contribution in [-0.4, -0.2) is 21.8 Å². The molecule has 5 nitrogen and oxygen atoms in total. The van der Waals surface area contributed by atoms with Crippen LogP contribution < -0.4 is 10.6 Å². The highest BCUT2D eigenvalue weighted by Gasteiger charge is 2.06. The van der Waals surface area contributed by atoms with Gasteiger partial charge in [-0.05, 0) is 17.7 Å². The molecule has 17 heavy (non-hydrogen) atoms. The van der Waals surface area contributed by atoms with Gasteiger partial charge in [-0.2, -0.15) is 5.10 Å². The van der Waals surface area contributed by atoms with Crippen LogP contribution in [0, 0.1) is 0 Å². The van der Waals surface area contributed by atoms with Gasteiger partial charge in [0, 0.05) is 26.3 Å². The summed E-state index contributed by atoms with van der Waals surface area (Å²) in [5, 5.41) is 4.05. The number of nitrogens with two attached hydrogens (primary N) is 1. The van der Waals surface area contributed by atoms with E-state index in [1.807, 2.05) is 26.2 Å². The fraction of sp³-hybridized carbons (Fsp3) is 0.333. The summed E-state index contributed by atoms with van der Waals surface area (Å²) in [4.78, 5) is 6.33. The van der Waals surface area contributed by atoms with Crippen molar-refractivity contribution in [2.75, 3.05) is 11.9 Å². The summed E-state index contributed by atoms with van der Waals surface area (Å²) in [6, 6.07) is 8.22. The van der Waals surface area contributed by atoms with Gasteiger partial charge in [-0.25, -0.2) is 4.98 Å². The maximum atomic E-state index is 5.57. The van der Waals surface area contributed by atoms with Crippen LogP contribution in [0.3, 0.4) is 0 Å². The Morgan fingerprint density at radius 2 is 2.00 bits per heavy atom. The number of nitrogens with zero attached hydrogens (tertiary/aromatic N) is 4. The third-order valence-corrected chi connectivity index (χ3v) is 2.80. The maximum Gasteiger partial charge on any atom is 0.146 e. The predicted molar refractivity (Wildman–Crippen MR) is 67.4 cm³/mol. The lowest BCUT2D eigenvalue weighted by molar-refractivity contribution is 0.688. The SMILES string of the molecule is CN(Cc1ncnn1C)c1ccc(CN)cc1. The third kappa shape index (κ3) is 2.62. The highest BCUT2D eigenvalue weighted by atomic mass is 15.3. The molecule has 0 amide bonds. The van der Waals surface area contributed by atoms with Crippen molar-refractivity contribution in [3.63, 3.8) is 0 Å². The fourth-order valence-electron chi connectivity index (χ4n) is 1.65. The lowest BCUT2D eigenvalue weighted by Gasteiger charge is -2.18. The van der Waals surface area contributed by atoms with Gasteiger partial charge in [-0.3, -0.25) is 4.68 Å². The van der Waals surface area contributed by atoms with E-state index in [4.69, 9.17) is 5.73 Å². The monoisotopic (exact) mass is 231 g/mol. The normalized spacial score (nSPS) is 10.5. The molecule has 5 heteroatoms. The van der Waals surface area contributed by atoms with E-state index in [-0.39, 0.29) is 0 Å². The molecule has 1 heterocycles. The number of hydrogen-bond donors (Lipinski definition) is 1. The Kier molecular flexibility index (Phi) is 3.39. The van der Waals surface area contributed by atoms with Gasteiger partial charge in [0.25, 0.3) is 0 Å². The van der Waals surface area contributed by atoms with Gasteiger partial charge in [0.2, 0.25) is 0 Å². The molecule has 90 valence electrons. The number of aryl methyl sites for hydroxylation is 1. The van der Waals surface area contributed by atoms with Gasteiger partial charge in [0.1, 0.15) is 12.2 Å². The van der Waals surface area contributed by atoms with Gasteiger partial charge in [-0.15, -0.1) is 0 Å². The average molecular weight is 231 g/mol. The molecule has 0 saturated heterocycles. The molecule has 0 fully saturated rings. The molecule has 0 aliphatic carbocycles. The quantitative estimate of drug-likeness (QED) is 0.849. The molecular weight excluding hydrogens is 214 g/mol.